The number of anilines is 1. The molecule has 0 bridgehead atoms. The summed E-state index contributed by atoms with van der Waals surface area (Å²) in [7, 11) is 1.53. The third-order valence-electron chi connectivity index (χ3n) is 3.24. The van der Waals surface area contributed by atoms with Crippen LogP contribution in [0.1, 0.15) is 20.7 Å². The van der Waals surface area contributed by atoms with Gasteiger partial charge in [-0.3, -0.25) is 24.7 Å². The van der Waals surface area contributed by atoms with Crippen molar-refractivity contribution in [1.82, 2.24) is 14.8 Å². The molecule has 25 heavy (non-hydrogen) atoms. The van der Waals surface area contributed by atoms with Gasteiger partial charge in [-0.2, -0.15) is 0 Å². The van der Waals surface area contributed by atoms with Gasteiger partial charge in [-0.15, -0.1) is 9.78 Å². The standard InChI is InChI=1S/C16H12N4O4S/c1-24-12-4-2-10(3-5-12)13(21)18-15-19-20(16(23)25-15)14(22)11-6-8-17-9-7-11/h2-9H,1H3,(H,18,19,21). The first-order valence-electron chi connectivity index (χ1n) is 7.09. The molecule has 0 atom stereocenters. The largest absolute Gasteiger partial charge is 0.497 e. The number of benzene rings is 1. The highest BCUT2D eigenvalue weighted by molar-refractivity contribution is 7.13. The number of carbonyl (C=O) groups excluding carboxylic acids is 2. The number of pyridine rings is 1. The molecule has 0 spiro atoms. The molecule has 0 saturated heterocycles. The van der Waals surface area contributed by atoms with Crippen molar-refractivity contribution >= 4 is 28.3 Å². The maximum Gasteiger partial charge on any atom is 0.334 e. The highest BCUT2D eigenvalue weighted by atomic mass is 32.1. The summed E-state index contributed by atoms with van der Waals surface area (Å²) < 4.78 is 5.74. The van der Waals surface area contributed by atoms with Gasteiger partial charge in [-0.05, 0) is 47.7 Å². The van der Waals surface area contributed by atoms with E-state index in [4.69, 9.17) is 4.74 Å². The Morgan fingerprint density at radius 3 is 2.40 bits per heavy atom. The summed E-state index contributed by atoms with van der Waals surface area (Å²) in [5, 5.41) is 6.42. The molecule has 0 saturated carbocycles. The van der Waals surface area contributed by atoms with Gasteiger partial charge in [0, 0.05) is 23.5 Å². The number of nitrogens with zero attached hydrogens (tertiary/aromatic N) is 3. The molecular weight excluding hydrogens is 344 g/mol. The van der Waals surface area contributed by atoms with Crippen LogP contribution in [0.25, 0.3) is 0 Å². The number of hydrogen-bond acceptors (Lipinski definition) is 7. The molecule has 0 aliphatic carbocycles. The summed E-state index contributed by atoms with van der Waals surface area (Å²) in [5.74, 6) is -0.415. The fourth-order valence-corrected chi connectivity index (χ4v) is 2.63. The Kier molecular flexibility index (Phi) is 4.66. The number of ether oxygens (including phenoxy) is 1. The maximum absolute atomic E-state index is 12.3. The van der Waals surface area contributed by atoms with E-state index in [1.807, 2.05) is 0 Å². The number of hydrogen-bond donors (Lipinski definition) is 1. The van der Waals surface area contributed by atoms with Crippen LogP contribution in [-0.2, 0) is 0 Å². The van der Waals surface area contributed by atoms with E-state index < -0.39 is 16.7 Å². The van der Waals surface area contributed by atoms with Gasteiger partial charge in [0.15, 0.2) is 0 Å². The van der Waals surface area contributed by atoms with Crippen molar-refractivity contribution in [2.24, 2.45) is 0 Å². The van der Waals surface area contributed by atoms with Crippen LogP contribution in [0.5, 0.6) is 5.75 Å². The SMILES string of the molecule is COc1ccc(C(=O)Nc2nn(C(=O)c3ccncc3)c(=O)s2)cc1. The molecule has 1 amide bonds. The van der Waals surface area contributed by atoms with Crippen LogP contribution in [0.15, 0.2) is 53.6 Å². The molecule has 0 unspecified atom stereocenters. The second kappa shape index (κ2) is 7.05. The van der Waals surface area contributed by atoms with Crippen LogP contribution >= 0.6 is 11.3 Å². The summed E-state index contributed by atoms with van der Waals surface area (Å²) in [5.41, 5.74) is 0.644. The molecule has 8 nitrogen and oxygen atoms in total. The lowest BCUT2D eigenvalue weighted by molar-refractivity contribution is 0.0940. The van der Waals surface area contributed by atoms with Gasteiger partial charge in [-0.1, -0.05) is 0 Å². The number of nitrogens with one attached hydrogen (secondary N) is 1. The van der Waals surface area contributed by atoms with Crippen molar-refractivity contribution in [2.45, 2.75) is 0 Å². The Morgan fingerprint density at radius 2 is 1.76 bits per heavy atom. The summed E-state index contributed by atoms with van der Waals surface area (Å²) in [6.07, 6.45) is 2.88. The fraction of sp³-hybridized carbons (Fsp3) is 0.0625. The van der Waals surface area contributed by atoms with E-state index in [1.54, 1.807) is 24.3 Å². The average Bonchev–Trinajstić information content (AvgIpc) is 3.02. The number of amides is 1. The first kappa shape index (κ1) is 16.5. The second-order valence-electron chi connectivity index (χ2n) is 4.81. The van der Waals surface area contributed by atoms with Gasteiger partial charge in [0.05, 0.1) is 7.11 Å². The molecule has 0 aliphatic heterocycles. The third kappa shape index (κ3) is 3.61. The number of methoxy groups -OCH3 is 1. The van der Waals surface area contributed by atoms with Gasteiger partial charge in [0.2, 0.25) is 5.13 Å². The van der Waals surface area contributed by atoms with Crippen molar-refractivity contribution in [2.75, 3.05) is 12.4 Å². The number of rotatable bonds is 4. The third-order valence-corrected chi connectivity index (χ3v) is 3.96. The van der Waals surface area contributed by atoms with Crippen LogP contribution < -0.4 is 14.9 Å². The molecule has 2 aromatic heterocycles. The van der Waals surface area contributed by atoms with Crippen LogP contribution in [0.4, 0.5) is 5.13 Å². The summed E-state index contributed by atoms with van der Waals surface area (Å²) in [4.78, 5) is 39.6. The van der Waals surface area contributed by atoms with Gasteiger partial charge < -0.3 is 4.74 Å². The Bertz CT molecular complexity index is 964. The van der Waals surface area contributed by atoms with Crippen LogP contribution in [0.2, 0.25) is 0 Å². The topological polar surface area (TPSA) is 103 Å². The monoisotopic (exact) mass is 356 g/mol. The van der Waals surface area contributed by atoms with Crippen LogP contribution in [-0.4, -0.2) is 33.7 Å². The predicted octanol–water partition coefficient (Wildman–Crippen LogP) is 1.65. The summed E-state index contributed by atoms with van der Waals surface area (Å²) in [6, 6.07) is 9.39. The Hall–Kier alpha value is -3.33. The zero-order chi connectivity index (χ0) is 17.8. The lowest BCUT2D eigenvalue weighted by atomic mass is 10.2. The predicted molar refractivity (Wildman–Crippen MR) is 91.3 cm³/mol. The van der Waals surface area contributed by atoms with E-state index in [0.717, 1.165) is 0 Å². The molecule has 3 aromatic rings. The molecule has 0 radical (unpaired) electrons. The minimum atomic E-state index is -0.591. The van der Waals surface area contributed by atoms with E-state index in [9.17, 15) is 14.4 Å². The van der Waals surface area contributed by atoms with Crippen molar-refractivity contribution in [3.05, 3.63) is 69.6 Å². The molecule has 0 aliphatic rings. The minimum Gasteiger partial charge on any atom is -0.497 e. The van der Waals surface area contributed by atoms with E-state index in [2.05, 4.69) is 15.4 Å². The highest BCUT2D eigenvalue weighted by Gasteiger charge is 2.17. The van der Waals surface area contributed by atoms with Crippen molar-refractivity contribution in [1.29, 1.82) is 0 Å². The Morgan fingerprint density at radius 1 is 1.08 bits per heavy atom. The normalized spacial score (nSPS) is 10.3. The first-order chi connectivity index (χ1) is 12.1. The first-order valence-corrected chi connectivity index (χ1v) is 7.90. The molecule has 9 heteroatoms. The average molecular weight is 356 g/mol. The van der Waals surface area contributed by atoms with E-state index in [0.29, 0.717) is 27.3 Å². The number of carbonyl (C=O) groups is 2. The van der Waals surface area contributed by atoms with Crippen LogP contribution in [0.3, 0.4) is 0 Å². The Labute approximate surface area is 145 Å². The van der Waals surface area contributed by atoms with E-state index in [-0.39, 0.29) is 10.7 Å². The summed E-state index contributed by atoms with van der Waals surface area (Å²) >= 11 is 0.671. The van der Waals surface area contributed by atoms with E-state index >= 15 is 0 Å². The fourth-order valence-electron chi connectivity index (χ4n) is 1.99. The zero-order valence-electron chi connectivity index (χ0n) is 13.0. The van der Waals surface area contributed by atoms with Gasteiger partial charge in [-0.25, -0.2) is 0 Å². The van der Waals surface area contributed by atoms with E-state index in [1.165, 1.54) is 31.6 Å². The van der Waals surface area contributed by atoms with Gasteiger partial charge in [0.25, 0.3) is 11.8 Å². The van der Waals surface area contributed by atoms with Crippen molar-refractivity contribution in [3.8, 4) is 5.75 Å². The van der Waals surface area contributed by atoms with Crippen LogP contribution in [0, 0.1) is 0 Å². The highest BCUT2D eigenvalue weighted by Crippen LogP contribution is 2.14. The van der Waals surface area contributed by atoms with Crippen molar-refractivity contribution < 1.29 is 14.3 Å². The van der Waals surface area contributed by atoms with Gasteiger partial charge >= 0.3 is 4.87 Å². The molecule has 2 heterocycles. The minimum absolute atomic E-state index is 0.0354. The maximum atomic E-state index is 12.3. The van der Waals surface area contributed by atoms with Gasteiger partial charge in [0.1, 0.15) is 5.75 Å². The summed E-state index contributed by atoms with van der Waals surface area (Å²) in [6.45, 7) is 0. The zero-order valence-corrected chi connectivity index (χ0v) is 13.8. The lowest BCUT2D eigenvalue weighted by Gasteiger charge is -2.03. The molecule has 3 rings (SSSR count). The van der Waals surface area contributed by atoms with Crippen molar-refractivity contribution in [3.63, 3.8) is 0 Å². The molecule has 1 aromatic carbocycles. The Balaban J connectivity index is 1.79. The molecule has 0 fully saturated rings. The lowest BCUT2D eigenvalue weighted by Crippen LogP contribution is -2.24. The molecule has 1 N–H and O–H groups in total. The smallest absolute Gasteiger partial charge is 0.334 e. The quantitative estimate of drug-likeness (QED) is 0.762. The second-order valence-corrected chi connectivity index (χ2v) is 5.75. The molecule has 126 valence electrons. The molecular formula is C16H12N4O4S. The number of aromatic nitrogens is 3.